The molecule has 5 heteroatoms. The van der Waals surface area contributed by atoms with Crippen molar-refractivity contribution in [2.45, 2.75) is 116 Å². The molecule has 1 aromatic carbocycles. The van der Waals surface area contributed by atoms with Gasteiger partial charge in [-0.3, -0.25) is 14.5 Å². The molecule has 0 aromatic heterocycles. The summed E-state index contributed by atoms with van der Waals surface area (Å²) in [5.74, 6) is 4.43. The summed E-state index contributed by atoms with van der Waals surface area (Å²) in [7, 11) is 0. The molecular weight excluding hydrogens is 532 g/mol. The van der Waals surface area contributed by atoms with Crippen molar-refractivity contribution in [1.82, 2.24) is 10.2 Å². The van der Waals surface area contributed by atoms with E-state index in [0.717, 1.165) is 63.3 Å². The zero-order chi connectivity index (χ0) is 29.9. The summed E-state index contributed by atoms with van der Waals surface area (Å²) in [6.45, 7) is 11.9. The number of hydrogen-bond acceptors (Lipinski definition) is 4. The highest BCUT2D eigenvalue weighted by atomic mass is 16.5. The fraction of sp³-hybridized carbons (Fsp3) is 0.737. The van der Waals surface area contributed by atoms with Crippen molar-refractivity contribution in [3.05, 3.63) is 47.0 Å². The number of carbonyl (C=O) groups excluding carboxylic acids is 2. The van der Waals surface area contributed by atoms with Crippen LogP contribution in [0, 0.1) is 40.9 Å². The number of Topliss-reactive ketones (excluding diaryl/α,β-unsaturated/α-hetero) is 1. The molecule has 0 bridgehead atoms. The fourth-order valence-electron chi connectivity index (χ4n) is 11.4. The van der Waals surface area contributed by atoms with Crippen LogP contribution in [0.5, 0.6) is 0 Å². The van der Waals surface area contributed by atoms with Crippen LogP contribution >= 0.6 is 0 Å². The quantitative estimate of drug-likeness (QED) is 0.388. The van der Waals surface area contributed by atoms with Gasteiger partial charge in [-0.1, -0.05) is 62.2 Å². The third kappa shape index (κ3) is 5.25. The summed E-state index contributed by atoms with van der Waals surface area (Å²) in [5, 5.41) is 3.21. The molecule has 1 amide bonds. The number of hydrogen-bond donors (Lipinski definition) is 1. The smallest absolute Gasteiger partial charge is 0.234 e. The molecule has 5 fully saturated rings. The molecule has 5 nitrogen and oxygen atoms in total. The van der Waals surface area contributed by atoms with Crippen molar-refractivity contribution >= 4 is 11.7 Å². The molecule has 3 saturated carbocycles. The second-order valence-corrected chi connectivity index (χ2v) is 16.0. The van der Waals surface area contributed by atoms with E-state index in [4.69, 9.17) is 4.74 Å². The van der Waals surface area contributed by atoms with Gasteiger partial charge in [0, 0.05) is 37.9 Å². The lowest BCUT2D eigenvalue weighted by Gasteiger charge is -2.52. The molecule has 1 aromatic rings. The van der Waals surface area contributed by atoms with Gasteiger partial charge in [0.05, 0.1) is 18.2 Å². The van der Waals surface area contributed by atoms with Crippen LogP contribution in [-0.2, 0) is 20.7 Å². The minimum absolute atomic E-state index is 0.114. The van der Waals surface area contributed by atoms with Crippen LogP contribution in [0.15, 0.2) is 41.5 Å². The van der Waals surface area contributed by atoms with Crippen molar-refractivity contribution in [1.29, 1.82) is 0 Å². The highest BCUT2D eigenvalue weighted by Crippen LogP contribution is 2.65. The van der Waals surface area contributed by atoms with E-state index in [2.05, 4.69) is 62.2 Å². The fourth-order valence-corrected chi connectivity index (χ4v) is 11.4. The largest absolute Gasteiger partial charge is 0.369 e. The summed E-state index contributed by atoms with van der Waals surface area (Å²) in [6.07, 6.45) is 12.2. The van der Waals surface area contributed by atoms with Gasteiger partial charge in [-0.05, 0) is 105 Å². The summed E-state index contributed by atoms with van der Waals surface area (Å²) in [4.78, 5) is 28.0. The predicted octanol–water partition coefficient (Wildman–Crippen LogP) is 6.75. The predicted molar refractivity (Wildman–Crippen MR) is 170 cm³/mol. The van der Waals surface area contributed by atoms with Gasteiger partial charge in [0.25, 0.3) is 0 Å². The third-order valence-corrected chi connectivity index (χ3v) is 13.6. The van der Waals surface area contributed by atoms with Gasteiger partial charge >= 0.3 is 0 Å². The van der Waals surface area contributed by atoms with E-state index in [1.807, 2.05) is 6.07 Å². The molecule has 0 radical (unpaired) electrons. The maximum absolute atomic E-state index is 13.2. The van der Waals surface area contributed by atoms with Crippen LogP contribution < -0.4 is 5.32 Å². The lowest BCUT2D eigenvalue weighted by Crippen LogP contribution is -2.54. The Morgan fingerprint density at radius 2 is 1.91 bits per heavy atom. The standard InChI is InChI=1S/C38H54N2O3/c1-24-18-34-36(40(22-24)23-35(42)39-17-14-27-8-6-5-7-9-27)26(3)38(43-34)16-13-30-31-11-10-28-19-29(41)12-15-37(28,4)33(31)20-32(30)25(2)21-38/h5-9,24,26,28,30-31,33-34,36H,10-23H2,1-4H3,(H,39,42)/t24-,26+,28+,30-,31?,33-,34+,36-,37-,38-/m0/s1. The molecule has 43 heavy (non-hydrogen) atoms. The number of amides is 1. The van der Waals surface area contributed by atoms with Crippen LogP contribution in [-0.4, -0.2) is 54.0 Å². The molecule has 2 aliphatic heterocycles. The maximum atomic E-state index is 13.2. The molecule has 234 valence electrons. The number of piperidine rings is 1. The van der Waals surface area contributed by atoms with E-state index in [-0.39, 0.29) is 17.6 Å². The van der Waals surface area contributed by atoms with Gasteiger partial charge in [0.2, 0.25) is 5.91 Å². The first-order valence-electron chi connectivity index (χ1n) is 17.6. The van der Waals surface area contributed by atoms with Crippen LogP contribution in [0.25, 0.3) is 0 Å². The summed E-state index contributed by atoms with van der Waals surface area (Å²) in [5.41, 5.74) is 4.86. The van der Waals surface area contributed by atoms with E-state index in [1.54, 1.807) is 11.1 Å². The Bertz CT molecular complexity index is 1260. The lowest BCUT2D eigenvalue weighted by atomic mass is 9.52. The molecule has 4 aliphatic carbocycles. The van der Waals surface area contributed by atoms with Gasteiger partial charge < -0.3 is 10.1 Å². The van der Waals surface area contributed by atoms with Crippen molar-refractivity contribution < 1.29 is 14.3 Å². The van der Waals surface area contributed by atoms with E-state index in [0.29, 0.717) is 54.0 Å². The summed E-state index contributed by atoms with van der Waals surface area (Å²) < 4.78 is 7.25. The highest BCUT2D eigenvalue weighted by Gasteiger charge is 2.60. The van der Waals surface area contributed by atoms with Crippen molar-refractivity contribution in [2.75, 3.05) is 19.6 Å². The lowest BCUT2D eigenvalue weighted by molar-refractivity contribution is -0.130. The van der Waals surface area contributed by atoms with Crippen molar-refractivity contribution in [3.63, 3.8) is 0 Å². The number of nitrogens with one attached hydrogen (secondary N) is 1. The van der Waals surface area contributed by atoms with Crippen LogP contribution in [0.1, 0.15) is 97.5 Å². The number of ketones is 1. The number of rotatable bonds is 5. The van der Waals surface area contributed by atoms with E-state index in [1.165, 1.54) is 31.2 Å². The zero-order valence-corrected chi connectivity index (χ0v) is 27.1. The first-order valence-corrected chi connectivity index (χ1v) is 17.6. The topological polar surface area (TPSA) is 58.6 Å². The van der Waals surface area contributed by atoms with Gasteiger partial charge in [-0.2, -0.15) is 0 Å². The number of likely N-dealkylation sites (tertiary alicyclic amines) is 1. The average molecular weight is 587 g/mol. The van der Waals surface area contributed by atoms with Gasteiger partial charge in [-0.25, -0.2) is 0 Å². The Morgan fingerprint density at radius 3 is 2.72 bits per heavy atom. The van der Waals surface area contributed by atoms with Crippen LogP contribution in [0.3, 0.4) is 0 Å². The first-order chi connectivity index (χ1) is 20.7. The Labute approximate surface area is 259 Å². The monoisotopic (exact) mass is 586 g/mol. The molecule has 10 atom stereocenters. The summed E-state index contributed by atoms with van der Waals surface area (Å²) >= 11 is 0. The number of ether oxygens (including phenoxy) is 1. The van der Waals surface area contributed by atoms with Crippen LogP contribution in [0.4, 0.5) is 0 Å². The second kappa shape index (κ2) is 11.4. The van der Waals surface area contributed by atoms with E-state index < -0.39 is 0 Å². The normalized spacial score (nSPS) is 42.7. The zero-order valence-electron chi connectivity index (χ0n) is 27.1. The summed E-state index contributed by atoms with van der Waals surface area (Å²) in [6, 6.07) is 10.7. The Kier molecular flexibility index (Phi) is 7.90. The number of carbonyl (C=O) groups is 2. The Morgan fingerprint density at radius 1 is 1.09 bits per heavy atom. The van der Waals surface area contributed by atoms with Crippen molar-refractivity contribution in [2.24, 2.45) is 40.9 Å². The molecule has 1 spiro atoms. The van der Waals surface area contributed by atoms with E-state index in [9.17, 15) is 9.59 Å². The van der Waals surface area contributed by atoms with Crippen LogP contribution in [0.2, 0.25) is 0 Å². The SMILES string of the molecule is CC1=C2C[C@H]3C(CC[C@@H]4CC(=O)CC[C@@]43C)[C@@H]2CC[C@@]2(C1)O[C@@H]1C[C@H](C)CN(CC(=O)NCCc3ccccc3)[C@H]1[C@H]2C. The molecule has 7 rings (SSSR count). The number of benzene rings is 1. The highest BCUT2D eigenvalue weighted by molar-refractivity contribution is 5.79. The number of allylic oxidation sites excluding steroid dienone is 1. The van der Waals surface area contributed by atoms with Gasteiger partial charge in [0.15, 0.2) is 0 Å². The number of nitrogens with zero attached hydrogens (tertiary/aromatic N) is 1. The molecule has 2 heterocycles. The minimum Gasteiger partial charge on any atom is -0.369 e. The second-order valence-electron chi connectivity index (χ2n) is 16.0. The maximum Gasteiger partial charge on any atom is 0.234 e. The minimum atomic E-state index is -0.114. The third-order valence-electron chi connectivity index (χ3n) is 13.6. The molecular formula is C38H54N2O3. The first kappa shape index (κ1) is 29.7. The number of fused-ring (bicyclic) bond motifs is 6. The van der Waals surface area contributed by atoms with Gasteiger partial charge in [0.1, 0.15) is 5.78 Å². The Balaban J connectivity index is 1.05. The molecule has 1 unspecified atom stereocenters. The van der Waals surface area contributed by atoms with Crippen molar-refractivity contribution in [3.8, 4) is 0 Å². The average Bonchev–Trinajstić information content (AvgIpc) is 3.44. The Hall–Kier alpha value is -1.98. The molecule has 6 aliphatic rings. The molecule has 2 saturated heterocycles. The molecule has 1 N–H and O–H groups in total. The van der Waals surface area contributed by atoms with Gasteiger partial charge in [-0.15, -0.1) is 0 Å². The van der Waals surface area contributed by atoms with E-state index >= 15 is 0 Å².